The Morgan fingerprint density at radius 2 is 1.80 bits per heavy atom. The molecule has 25 heavy (non-hydrogen) atoms. The van der Waals surface area contributed by atoms with Crippen LogP contribution in [0.4, 0.5) is 5.69 Å². The molecule has 1 heterocycles. The molecule has 0 aliphatic carbocycles. The summed E-state index contributed by atoms with van der Waals surface area (Å²) in [6, 6.07) is 9.12. The molecule has 7 heteroatoms. The molecule has 0 saturated heterocycles. The molecule has 0 aliphatic rings. The molecule has 0 bridgehead atoms. The number of methoxy groups -OCH3 is 1. The van der Waals surface area contributed by atoms with Crippen LogP contribution in [0.5, 0.6) is 5.88 Å². The highest BCUT2D eigenvalue weighted by Crippen LogP contribution is 2.14. The van der Waals surface area contributed by atoms with E-state index in [2.05, 4.69) is 15.6 Å². The van der Waals surface area contributed by atoms with Crippen molar-refractivity contribution >= 4 is 29.1 Å². The van der Waals surface area contributed by atoms with E-state index in [0.29, 0.717) is 22.2 Å². The number of hydrogen-bond acceptors (Lipinski definition) is 4. The van der Waals surface area contributed by atoms with Crippen LogP contribution in [-0.2, 0) is 4.79 Å². The summed E-state index contributed by atoms with van der Waals surface area (Å²) in [5.41, 5.74) is 0.964. The topological polar surface area (TPSA) is 80.3 Å². The molecule has 0 radical (unpaired) electrons. The van der Waals surface area contributed by atoms with Gasteiger partial charge in [0.2, 0.25) is 11.8 Å². The second-order valence-corrected chi connectivity index (χ2v) is 6.22. The summed E-state index contributed by atoms with van der Waals surface area (Å²) in [6.07, 6.45) is 1.50. The van der Waals surface area contributed by atoms with E-state index in [9.17, 15) is 9.59 Å². The summed E-state index contributed by atoms with van der Waals surface area (Å²) in [6.45, 7) is 3.72. The first-order valence-corrected chi connectivity index (χ1v) is 8.16. The highest BCUT2D eigenvalue weighted by molar-refractivity contribution is 6.30. The molecule has 2 rings (SSSR count). The number of anilines is 1. The summed E-state index contributed by atoms with van der Waals surface area (Å²) in [5, 5.41) is 6.05. The van der Waals surface area contributed by atoms with Crippen molar-refractivity contribution in [2.45, 2.75) is 19.9 Å². The minimum Gasteiger partial charge on any atom is -0.481 e. The van der Waals surface area contributed by atoms with E-state index in [1.165, 1.54) is 13.3 Å². The molecule has 0 fully saturated rings. The number of hydrogen-bond donors (Lipinski definition) is 2. The van der Waals surface area contributed by atoms with Gasteiger partial charge in [0.25, 0.3) is 5.91 Å². The third kappa shape index (κ3) is 5.19. The molecule has 0 spiro atoms. The number of halogens is 1. The molecule has 2 amide bonds. The highest BCUT2D eigenvalue weighted by Gasteiger charge is 2.24. The third-order valence-electron chi connectivity index (χ3n) is 3.56. The van der Waals surface area contributed by atoms with Gasteiger partial charge in [-0.2, -0.15) is 0 Å². The monoisotopic (exact) mass is 361 g/mol. The SMILES string of the molecule is COc1ccc(NC(=O)[C@@H](NC(=O)c2ccc(Cl)cc2)C(C)C)cn1. The van der Waals surface area contributed by atoms with Crippen LogP contribution < -0.4 is 15.4 Å². The zero-order valence-electron chi connectivity index (χ0n) is 14.2. The first-order valence-electron chi connectivity index (χ1n) is 7.78. The summed E-state index contributed by atoms with van der Waals surface area (Å²) in [5.74, 6) is -0.292. The average molecular weight is 362 g/mol. The van der Waals surface area contributed by atoms with Gasteiger partial charge >= 0.3 is 0 Å². The molecule has 0 aliphatic heterocycles. The minimum atomic E-state index is -0.690. The number of ether oxygens (including phenoxy) is 1. The fourth-order valence-corrected chi connectivity index (χ4v) is 2.28. The van der Waals surface area contributed by atoms with Gasteiger partial charge in [0.05, 0.1) is 19.0 Å². The van der Waals surface area contributed by atoms with Crippen LogP contribution in [0.15, 0.2) is 42.6 Å². The van der Waals surface area contributed by atoms with Crippen LogP contribution in [0.3, 0.4) is 0 Å². The van der Waals surface area contributed by atoms with Crippen molar-refractivity contribution < 1.29 is 14.3 Å². The van der Waals surface area contributed by atoms with Crippen molar-refractivity contribution in [3.05, 3.63) is 53.2 Å². The molecule has 2 N–H and O–H groups in total. The van der Waals surface area contributed by atoms with Gasteiger partial charge in [0.1, 0.15) is 6.04 Å². The van der Waals surface area contributed by atoms with Gasteiger partial charge in [-0.25, -0.2) is 4.98 Å². The summed E-state index contributed by atoms with van der Waals surface area (Å²) < 4.78 is 4.98. The predicted molar refractivity (Wildman–Crippen MR) is 97.0 cm³/mol. The molecular formula is C18H20ClN3O3. The van der Waals surface area contributed by atoms with Crippen molar-refractivity contribution in [2.24, 2.45) is 5.92 Å². The van der Waals surface area contributed by atoms with Crippen LogP contribution in [0, 0.1) is 5.92 Å². The van der Waals surface area contributed by atoms with Gasteiger partial charge in [0, 0.05) is 16.7 Å². The largest absolute Gasteiger partial charge is 0.481 e. The molecule has 1 atom stereocenters. The van der Waals surface area contributed by atoms with E-state index in [0.717, 1.165) is 0 Å². The second kappa shape index (κ2) is 8.48. The number of aromatic nitrogens is 1. The van der Waals surface area contributed by atoms with Crippen molar-refractivity contribution in [1.82, 2.24) is 10.3 Å². The van der Waals surface area contributed by atoms with Crippen LogP contribution >= 0.6 is 11.6 Å². The number of carbonyl (C=O) groups is 2. The van der Waals surface area contributed by atoms with Gasteiger partial charge in [0.15, 0.2) is 0 Å². The Bertz CT molecular complexity index is 730. The lowest BCUT2D eigenvalue weighted by molar-refractivity contribution is -0.118. The molecule has 132 valence electrons. The number of nitrogens with one attached hydrogen (secondary N) is 2. The van der Waals surface area contributed by atoms with Crippen LogP contribution in [-0.4, -0.2) is 29.9 Å². The molecule has 0 saturated carbocycles. The molecule has 0 unspecified atom stereocenters. The summed E-state index contributed by atoms with van der Waals surface area (Å²) in [4.78, 5) is 28.9. The Balaban J connectivity index is 2.06. The van der Waals surface area contributed by atoms with Crippen molar-refractivity contribution in [3.8, 4) is 5.88 Å². The summed E-state index contributed by atoms with van der Waals surface area (Å²) >= 11 is 5.82. The molecule has 2 aromatic rings. The summed E-state index contributed by atoms with van der Waals surface area (Å²) in [7, 11) is 1.52. The second-order valence-electron chi connectivity index (χ2n) is 5.78. The number of nitrogens with zero attached hydrogens (tertiary/aromatic N) is 1. The van der Waals surface area contributed by atoms with Gasteiger partial charge in [-0.15, -0.1) is 0 Å². The maximum absolute atomic E-state index is 12.5. The van der Waals surface area contributed by atoms with Crippen LogP contribution in [0.1, 0.15) is 24.2 Å². The van der Waals surface area contributed by atoms with Gasteiger partial charge < -0.3 is 15.4 Å². The molecule has 6 nitrogen and oxygen atoms in total. The minimum absolute atomic E-state index is 0.0949. The van der Waals surface area contributed by atoms with Gasteiger partial charge in [-0.1, -0.05) is 25.4 Å². The Labute approximate surface area is 151 Å². The number of rotatable bonds is 6. The van der Waals surface area contributed by atoms with Crippen molar-refractivity contribution in [1.29, 1.82) is 0 Å². The Morgan fingerprint density at radius 3 is 2.32 bits per heavy atom. The molecule has 1 aromatic heterocycles. The average Bonchev–Trinajstić information content (AvgIpc) is 2.60. The number of benzene rings is 1. The Kier molecular flexibility index (Phi) is 6.36. The van der Waals surface area contributed by atoms with E-state index >= 15 is 0 Å². The first kappa shape index (κ1) is 18.7. The van der Waals surface area contributed by atoms with Gasteiger partial charge in [-0.3, -0.25) is 9.59 Å². The fourth-order valence-electron chi connectivity index (χ4n) is 2.16. The zero-order chi connectivity index (χ0) is 18.4. The Morgan fingerprint density at radius 1 is 1.12 bits per heavy atom. The maximum atomic E-state index is 12.5. The van der Waals surface area contributed by atoms with Gasteiger partial charge in [-0.05, 0) is 36.2 Å². The standard InChI is InChI=1S/C18H20ClN3O3/c1-11(2)16(22-17(23)12-4-6-13(19)7-5-12)18(24)21-14-8-9-15(25-3)20-10-14/h4-11,16H,1-3H3,(H,21,24)(H,22,23)/t16-/m0/s1. The van der Waals surface area contributed by atoms with E-state index in [4.69, 9.17) is 16.3 Å². The lowest BCUT2D eigenvalue weighted by Gasteiger charge is -2.21. The quantitative estimate of drug-likeness (QED) is 0.828. The number of amides is 2. The van der Waals surface area contributed by atoms with Crippen molar-refractivity contribution in [3.63, 3.8) is 0 Å². The Hall–Kier alpha value is -2.60. The first-order chi connectivity index (χ1) is 11.9. The van der Waals surface area contributed by atoms with Crippen molar-refractivity contribution in [2.75, 3.05) is 12.4 Å². The van der Waals surface area contributed by atoms with Crippen LogP contribution in [0.2, 0.25) is 5.02 Å². The number of pyridine rings is 1. The third-order valence-corrected chi connectivity index (χ3v) is 3.81. The normalized spacial score (nSPS) is 11.7. The zero-order valence-corrected chi connectivity index (χ0v) is 15.0. The lowest BCUT2D eigenvalue weighted by Crippen LogP contribution is -2.47. The molecule has 1 aromatic carbocycles. The van der Waals surface area contributed by atoms with Crippen LogP contribution in [0.25, 0.3) is 0 Å². The van der Waals surface area contributed by atoms with E-state index < -0.39 is 6.04 Å². The van der Waals surface area contributed by atoms with E-state index in [-0.39, 0.29) is 17.7 Å². The lowest BCUT2D eigenvalue weighted by atomic mass is 10.0. The predicted octanol–water partition coefficient (Wildman–Crippen LogP) is 3.14. The van der Waals surface area contributed by atoms with E-state index in [1.54, 1.807) is 36.4 Å². The fraction of sp³-hybridized carbons (Fsp3) is 0.278. The molecular weight excluding hydrogens is 342 g/mol. The maximum Gasteiger partial charge on any atom is 0.251 e. The number of carbonyl (C=O) groups excluding carboxylic acids is 2. The highest BCUT2D eigenvalue weighted by atomic mass is 35.5. The van der Waals surface area contributed by atoms with E-state index in [1.807, 2.05) is 13.8 Å². The smallest absolute Gasteiger partial charge is 0.251 e.